The summed E-state index contributed by atoms with van der Waals surface area (Å²) in [5.74, 6) is 0.772. The fourth-order valence-electron chi connectivity index (χ4n) is 1.96. The van der Waals surface area contributed by atoms with Crippen molar-refractivity contribution in [3.05, 3.63) is 65.2 Å². The molecule has 0 spiro atoms. The number of rotatable bonds is 4. The number of esters is 1. The van der Waals surface area contributed by atoms with Crippen LogP contribution in [-0.2, 0) is 0 Å². The molecule has 0 saturated carbocycles. The van der Waals surface area contributed by atoms with Crippen molar-refractivity contribution < 1.29 is 9.53 Å². The molecule has 0 aromatic heterocycles. The van der Waals surface area contributed by atoms with Crippen LogP contribution in [0, 0.1) is 6.92 Å². The van der Waals surface area contributed by atoms with Crippen molar-refractivity contribution >= 4 is 5.97 Å². The lowest BCUT2D eigenvalue weighted by Crippen LogP contribution is -2.08. The van der Waals surface area contributed by atoms with Crippen LogP contribution in [0.2, 0.25) is 0 Å². The maximum absolute atomic E-state index is 12.0. The van der Waals surface area contributed by atoms with Gasteiger partial charge in [0.05, 0.1) is 5.56 Å². The third-order valence-electron chi connectivity index (χ3n) is 3.56. The van der Waals surface area contributed by atoms with Gasteiger partial charge < -0.3 is 4.74 Å². The van der Waals surface area contributed by atoms with Gasteiger partial charge in [0.2, 0.25) is 0 Å². The van der Waals surface area contributed by atoms with E-state index in [0.717, 1.165) is 12.0 Å². The lowest BCUT2D eigenvalue weighted by molar-refractivity contribution is 0.0734. The summed E-state index contributed by atoms with van der Waals surface area (Å²) in [5.41, 5.74) is 2.97. The monoisotopic (exact) mass is 268 g/mol. The van der Waals surface area contributed by atoms with Crippen LogP contribution >= 0.6 is 0 Å². The van der Waals surface area contributed by atoms with Crippen LogP contribution in [0.15, 0.2) is 48.5 Å². The molecule has 0 fully saturated rings. The second-order valence-electron chi connectivity index (χ2n) is 5.13. The summed E-state index contributed by atoms with van der Waals surface area (Å²) in [6.45, 7) is 6.34. The molecule has 0 aliphatic carbocycles. The summed E-state index contributed by atoms with van der Waals surface area (Å²) in [4.78, 5) is 12.0. The largest absolute Gasteiger partial charge is 0.423 e. The molecule has 0 aliphatic rings. The van der Waals surface area contributed by atoms with E-state index < -0.39 is 0 Å². The molecule has 2 heteroatoms. The van der Waals surface area contributed by atoms with Crippen LogP contribution < -0.4 is 4.74 Å². The third-order valence-corrected chi connectivity index (χ3v) is 3.56. The first-order valence-electron chi connectivity index (χ1n) is 6.99. The van der Waals surface area contributed by atoms with E-state index in [9.17, 15) is 4.79 Å². The topological polar surface area (TPSA) is 26.3 Å². The summed E-state index contributed by atoms with van der Waals surface area (Å²) in [5, 5.41) is 0. The summed E-state index contributed by atoms with van der Waals surface area (Å²) in [6.07, 6.45) is 1.09. The van der Waals surface area contributed by atoms with Gasteiger partial charge in [0.25, 0.3) is 0 Å². The Kier molecular flexibility index (Phi) is 4.57. The Morgan fingerprint density at radius 2 is 1.65 bits per heavy atom. The zero-order chi connectivity index (χ0) is 14.5. The third kappa shape index (κ3) is 3.47. The van der Waals surface area contributed by atoms with Gasteiger partial charge in [-0.3, -0.25) is 0 Å². The van der Waals surface area contributed by atoms with E-state index in [0.29, 0.717) is 17.2 Å². The van der Waals surface area contributed by atoms with Crippen molar-refractivity contribution in [3.8, 4) is 5.75 Å². The van der Waals surface area contributed by atoms with Crippen LogP contribution in [-0.4, -0.2) is 5.97 Å². The number of hydrogen-bond donors (Lipinski definition) is 0. The van der Waals surface area contributed by atoms with Crippen molar-refractivity contribution in [2.75, 3.05) is 0 Å². The first-order valence-corrected chi connectivity index (χ1v) is 6.99. The predicted molar refractivity (Wildman–Crippen MR) is 81.3 cm³/mol. The maximum Gasteiger partial charge on any atom is 0.343 e. The molecule has 2 aromatic rings. The molecule has 0 saturated heterocycles. The Balaban J connectivity index is 2.07. The second kappa shape index (κ2) is 6.38. The highest BCUT2D eigenvalue weighted by Gasteiger charge is 2.09. The van der Waals surface area contributed by atoms with E-state index in [1.54, 1.807) is 12.1 Å². The van der Waals surface area contributed by atoms with E-state index >= 15 is 0 Å². The number of benzene rings is 2. The van der Waals surface area contributed by atoms with Crippen LogP contribution in [0.3, 0.4) is 0 Å². The minimum absolute atomic E-state index is 0.315. The number of carbonyl (C=O) groups excluding carboxylic acids is 1. The van der Waals surface area contributed by atoms with Gasteiger partial charge in [-0.1, -0.05) is 43.7 Å². The molecule has 2 aromatic carbocycles. The highest BCUT2D eigenvalue weighted by atomic mass is 16.5. The molecule has 1 atom stereocenters. The van der Waals surface area contributed by atoms with Crippen LogP contribution in [0.1, 0.15) is 47.7 Å². The normalized spacial score (nSPS) is 11.9. The van der Waals surface area contributed by atoms with Crippen molar-refractivity contribution in [2.45, 2.75) is 33.1 Å². The Morgan fingerprint density at radius 1 is 1.05 bits per heavy atom. The first-order chi connectivity index (χ1) is 9.60. The lowest BCUT2D eigenvalue weighted by atomic mass is 9.98. The Bertz CT molecular complexity index is 567. The molecule has 1 unspecified atom stereocenters. The quantitative estimate of drug-likeness (QED) is 0.592. The summed E-state index contributed by atoms with van der Waals surface area (Å²) >= 11 is 0. The number of aryl methyl sites for hydroxylation is 1. The SMILES string of the molecule is CCC(C)c1ccc(C(=O)Oc2ccc(C)cc2)cc1. The maximum atomic E-state index is 12.0. The zero-order valence-corrected chi connectivity index (χ0v) is 12.2. The summed E-state index contributed by atoms with van der Waals surface area (Å²) < 4.78 is 5.34. The van der Waals surface area contributed by atoms with Crippen LogP contribution in [0.4, 0.5) is 0 Å². The predicted octanol–water partition coefficient (Wildman–Crippen LogP) is 4.73. The van der Waals surface area contributed by atoms with E-state index in [1.807, 2.05) is 43.3 Å². The van der Waals surface area contributed by atoms with Gasteiger partial charge in [-0.15, -0.1) is 0 Å². The van der Waals surface area contributed by atoms with E-state index in [4.69, 9.17) is 4.74 Å². The Morgan fingerprint density at radius 3 is 2.20 bits per heavy atom. The fraction of sp³-hybridized carbons (Fsp3) is 0.278. The first kappa shape index (κ1) is 14.3. The molecule has 20 heavy (non-hydrogen) atoms. The highest BCUT2D eigenvalue weighted by Crippen LogP contribution is 2.20. The molecule has 0 N–H and O–H groups in total. The number of carbonyl (C=O) groups is 1. The second-order valence-corrected chi connectivity index (χ2v) is 5.13. The van der Waals surface area contributed by atoms with Crippen LogP contribution in [0.5, 0.6) is 5.75 Å². The average Bonchev–Trinajstić information content (AvgIpc) is 2.49. The van der Waals surface area contributed by atoms with Gasteiger partial charge in [0.1, 0.15) is 5.75 Å². The molecule has 0 heterocycles. The van der Waals surface area contributed by atoms with E-state index in [2.05, 4.69) is 13.8 Å². The molecule has 0 bridgehead atoms. The van der Waals surface area contributed by atoms with Crippen molar-refractivity contribution in [1.29, 1.82) is 0 Å². The van der Waals surface area contributed by atoms with Crippen LogP contribution in [0.25, 0.3) is 0 Å². The minimum Gasteiger partial charge on any atom is -0.423 e. The molecule has 0 radical (unpaired) electrons. The molecule has 0 amide bonds. The van der Waals surface area contributed by atoms with Gasteiger partial charge in [0, 0.05) is 0 Å². The number of hydrogen-bond acceptors (Lipinski definition) is 2. The van der Waals surface area contributed by atoms with Gasteiger partial charge in [-0.25, -0.2) is 4.79 Å². The molecule has 104 valence electrons. The smallest absolute Gasteiger partial charge is 0.343 e. The van der Waals surface area contributed by atoms with Crippen molar-refractivity contribution in [2.24, 2.45) is 0 Å². The molecule has 2 nitrogen and oxygen atoms in total. The zero-order valence-electron chi connectivity index (χ0n) is 12.2. The molecule has 2 rings (SSSR count). The Hall–Kier alpha value is -2.09. The number of ether oxygens (including phenoxy) is 1. The Labute approximate surface area is 120 Å². The van der Waals surface area contributed by atoms with Gasteiger partial charge in [0.15, 0.2) is 0 Å². The van der Waals surface area contributed by atoms with E-state index in [1.165, 1.54) is 5.56 Å². The van der Waals surface area contributed by atoms with Gasteiger partial charge >= 0.3 is 5.97 Å². The van der Waals surface area contributed by atoms with Crippen molar-refractivity contribution in [1.82, 2.24) is 0 Å². The minimum atomic E-state index is -0.315. The lowest BCUT2D eigenvalue weighted by Gasteiger charge is -2.09. The standard InChI is InChI=1S/C18H20O2/c1-4-14(3)15-7-9-16(10-8-15)18(19)20-17-11-5-13(2)6-12-17/h5-12,14H,4H2,1-3H3. The molecular weight excluding hydrogens is 248 g/mol. The van der Waals surface area contributed by atoms with E-state index in [-0.39, 0.29) is 5.97 Å². The van der Waals surface area contributed by atoms with Gasteiger partial charge in [-0.2, -0.15) is 0 Å². The fourth-order valence-corrected chi connectivity index (χ4v) is 1.96. The molecular formula is C18H20O2. The summed E-state index contributed by atoms with van der Waals surface area (Å²) in [6, 6.07) is 15.1. The summed E-state index contributed by atoms with van der Waals surface area (Å²) in [7, 11) is 0. The highest BCUT2D eigenvalue weighted by molar-refractivity contribution is 5.91. The molecule has 0 aliphatic heterocycles. The average molecular weight is 268 g/mol. The van der Waals surface area contributed by atoms with Gasteiger partial charge in [-0.05, 0) is 49.1 Å². The van der Waals surface area contributed by atoms with Crippen molar-refractivity contribution in [3.63, 3.8) is 0 Å².